The van der Waals surface area contributed by atoms with E-state index in [1.54, 1.807) is 11.3 Å². The lowest BCUT2D eigenvalue weighted by Crippen LogP contribution is -2.32. The van der Waals surface area contributed by atoms with E-state index in [0.717, 1.165) is 27.5 Å². The first-order valence-corrected chi connectivity index (χ1v) is 9.50. The highest BCUT2D eigenvalue weighted by atomic mass is 79.9. The van der Waals surface area contributed by atoms with Crippen molar-refractivity contribution in [3.63, 3.8) is 0 Å². The van der Waals surface area contributed by atoms with Gasteiger partial charge in [0, 0.05) is 26.0 Å². The van der Waals surface area contributed by atoms with Gasteiger partial charge in [-0.25, -0.2) is 0 Å². The molecule has 1 N–H and O–H groups in total. The van der Waals surface area contributed by atoms with Gasteiger partial charge in [0.2, 0.25) is 0 Å². The standard InChI is InChI=1S/C15H17BrClNS2/c1-2-18-12(9-14-7-8-15(17)20-14)10-19-13-5-3-11(16)4-6-13/h3-8,12,18H,2,9-10H2,1H3. The lowest BCUT2D eigenvalue weighted by atomic mass is 10.2. The van der Waals surface area contributed by atoms with Crippen molar-refractivity contribution in [1.82, 2.24) is 5.32 Å². The predicted molar refractivity (Wildman–Crippen MR) is 95.4 cm³/mol. The van der Waals surface area contributed by atoms with E-state index in [9.17, 15) is 0 Å². The Morgan fingerprint density at radius 3 is 2.60 bits per heavy atom. The topological polar surface area (TPSA) is 12.0 Å². The molecule has 0 bridgehead atoms. The molecule has 1 atom stereocenters. The Balaban J connectivity index is 1.90. The van der Waals surface area contributed by atoms with Gasteiger partial charge in [-0.1, -0.05) is 34.5 Å². The van der Waals surface area contributed by atoms with Gasteiger partial charge in [-0.2, -0.15) is 0 Å². The van der Waals surface area contributed by atoms with Crippen molar-refractivity contribution in [3.05, 3.63) is 50.1 Å². The third-order valence-corrected chi connectivity index (χ3v) is 5.79. The van der Waals surface area contributed by atoms with Crippen LogP contribution in [0.4, 0.5) is 0 Å². The van der Waals surface area contributed by atoms with Crippen LogP contribution >= 0.6 is 50.6 Å². The smallest absolute Gasteiger partial charge is 0.0931 e. The van der Waals surface area contributed by atoms with Crippen LogP contribution in [0.15, 0.2) is 45.8 Å². The first kappa shape index (κ1) is 16.4. The van der Waals surface area contributed by atoms with Crippen molar-refractivity contribution in [3.8, 4) is 0 Å². The second-order valence-corrected chi connectivity index (χ2v) is 8.24. The largest absolute Gasteiger partial charge is 0.313 e. The summed E-state index contributed by atoms with van der Waals surface area (Å²) in [4.78, 5) is 2.65. The minimum absolute atomic E-state index is 0.475. The van der Waals surface area contributed by atoms with E-state index in [-0.39, 0.29) is 0 Å². The van der Waals surface area contributed by atoms with Crippen molar-refractivity contribution in [2.45, 2.75) is 24.3 Å². The number of halogens is 2. The lowest BCUT2D eigenvalue weighted by molar-refractivity contribution is 0.576. The molecule has 5 heteroatoms. The second-order valence-electron chi connectivity index (χ2n) is 4.43. The van der Waals surface area contributed by atoms with Crippen molar-refractivity contribution in [1.29, 1.82) is 0 Å². The molecule has 0 amide bonds. The molecule has 1 heterocycles. The molecule has 0 radical (unpaired) electrons. The van der Waals surface area contributed by atoms with E-state index in [1.165, 1.54) is 9.77 Å². The van der Waals surface area contributed by atoms with Gasteiger partial charge in [0.1, 0.15) is 0 Å². The fraction of sp³-hybridized carbons (Fsp3) is 0.333. The summed E-state index contributed by atoms with van der Waals surface area (Å²) in [6.07, 6.45) is 1.04. The highest BCUT2D eigenvalue weighted by molar-refractivity contribution is 9.10. The second kappa shape index (κ2) is 8.44. The van der Waals surface area contributed by atoms with Crippen LogP contribution in [0, 0.1) is 0 Å². The fourth-order valence-electron chi connectivity index (χ4n) is 1.91. The maximum atomic E-state index is 6.00. The molecule has 0 aliphatic heterocycles. The summed E-state index contributed by atoms with van der Waals surface area (Å²) in [6, 6.07) is 13.1. The maximum absolute atomic E-state index is 6.00. The van der Waals surface area contributed by atoms with Crippen LogP contribution in [0.1, 0.15) is 11.8 Å². The van der Waals surface area contributed by atoms with Gasteiger partial charge in [0.15, 0.2) is 0 Å². The summed E-state index contributed by atoms with van der Waals surface area (Å²) < 4.78 is 1.99. The number of benzene rings is 1. The average Bonchev–Trinajstić information content (AvgIpc) is 2.83. The maximum Gasteiger partial charge on any atom is 0.0931 e. The van der Waals surface area contributed by atoms with Crippen LogP contribution in [0.25, 0.3) is 0 Å². The van der Waals surface area contributed by atoms with Gasteiger partial charge in [-0.15, -0.1) is 23.1 Å². The first-order valence-electron chi connectivity index (χ1n) is 6.53. The molecule has 1 aromatic heterocycles. The molecule has 0 fully saturated rings. The van der Waals surface area contributed by atoms with E-state index >= 15 is 0 Å². The van der Waals surface area contributed by atoms with Gasteiger partial charge >= 0.3 is 0 Å². The van der Waals surface area contributed by atoms with Crippen molar-refractivity contribution >= 4 is 50.6 Å². The molecule has 0 saturated carbocycles. The molecule has 0 saturated heterocycles. The third kappa shape index (κ3) is 5.41. The molecule has 0 aliphatic rings. The number of likely N-dealkylation sites (N-methyl/N-ethyl adjacent to an activating group) is 1. The molecule has 1 unspecified atom stereocenters. The number of thiophene rings is 1. The molecule has 0 spiro atoms. The van der Waals surface area contributed by atoms with Crippen LogP contribution < -0.4 is 5.32 Å². The van der Waals surface area contributed by atoms with Crippen molar-refractivity contribution < 1.29 is 0 Å². The van der Waals surface area contributed by atoms with E-state index in [0.29, 0.717) is 6.04 Å². The van der Waals surface area contributed by atoms with Crippen LogP contribution in [0.2, 0.25) is 4.34 Å². The Hall–Kier alpha value is -0.0000000000000000278. The molecule has 2 aromatic rings. The SMILES string of the molecule is CCNC(CSc1ccc(Br)cc1)Cc1ccc(Cl)s1. The van der Waals surface area contributed by atoms with Gasteiger partial charge in [0.25, 0.3) is 0 Å². The van der Waals surface area contributed by atoms with Crippen molar-refractivity contribution in [2.75, 3.05) is 12.3 Å². The molecule has 1 aromatic carbocycles. The molecular formula is C15H17BrClNS2. The highest BCUT2D eigenvalue weighted by Gasteiger charge is 2.10. The number of hydrogen-bond acceptors (Lipinski definition) is 3. The molecule has 1 nitrogen and oxygen atoms in total. The molecule has 20 heavy (non-hydrogen) atoms. The molecule has 2 rings (SSSR count). The molecular weight excluding hydrogens is 374 g/mol. The Morgan fingerprint density at radius 2 is 2.00 bits per heavy atom. The fourth-order valence-corrected chi connectivity index (χ4v) is 4.30. The molecule has 0 aliphatic carbocycles. The van der Waals surface area contributed by atoms with Crippen LogP contribution in [-0.2, 0) is 6.42 Å². The average molecular weight is 391 g/mol. The minimum atomic E-state index is 0.475. The van der Waals surface area contributed by atoms with E-state index in [1.807, 2.05) is 17.8 Å². The summed E-state index contributed by atoms with van der Waals surface area (Å²) in [5.74, 6) is 1.06. The Kier molecular flexibility index (Phi) is 6.91. The zero-order valence-corrected chi connectivity index (χ0v) is 15.2. The van der Waals surface area contributed by atoms with Crippen LogP contribution in [0.5, 0.6) is 0 Å². The van der Waals surface area contributed by atoms with Gasteiger partial charge in [0.05, 0.1) is 4.34 Å². The zero-order chi connectivity index (χ0) is 14.4. The van der Waals surface area contributed by atoms with E-state index in [4.69, 9.17) is 11.6 Å². The Morgan fingerprint density at radius 1 is 1.25 bits per heavy atom. The van der Waals surface area contributed by atoms with Crippen molar-refractivity contribution in [2.24, 2.45) is 0 Å². The first-order chi connectivity index (χ1) is 9.67. The lowest BCUT2D eigenvalue weighted by Gasteiger charge is -2.16. The Labute approximate surface area is 142 Å². The van der Waals surface area contributed by atoms with E-state index < -0.39 is 0 Å². The highest BCUT2D eigenvalue weighted by Crippen LogP contribution is 2.25. The van der Waals surface area contributed by atoms with Gasteiger partial charge < -0.3 is 5.32 Å². The minimum Gasteiger partial charge on any atom is -0.313 e. The monoisotopic (exact) mass is 389 g/mol. The third-order valence-electron chi connectivity index (χ3n) is 2.83. The summed E-state index contributed by atoms with van der Waals surface area (Å²) in [5.41, 5.74) is 0. The predicted octanol–water partition coefficient (Wildman–Crippen LogP) is 5.48. The zero-order valence-electron chi connectivity index (χ0n) is 11.2. The Bertz CT molecular complexity index is 527. The summed E-state index contributed by atoms with van der Waals surface area (Å²) in [6.45, 7) is 3.14. The van der Waals surface area contributed by atoms with Crippen LogP contribution in [0.3, 0.4) is 0 Å². The molecule has 108 valence electrons. The number of rotatable bonds is 7. The van der Waals surface area contributed by atoms with E-state index in [2.05, 4.69) is 58.5 Å². The summed E-state index contributed by atoms with van der Waals surface area (Å²) in [7, 11) is 0. The number of thioether (sulfide) groups is 1. The quantitative estimate of drug-likeness (QED) is 0.628. The summed E-state index contributed by atoms with van der Waals surface area (Å²) in [5, 5.41) is 3.56. The normalized spacial score (nSPS) is 12.6. The summed E-state index contributed by atoms with van der Waals surface area (Å²) >= 11 is 13.0. The van der Waals surface area contributed by atoms with Gasteiger partial charge in [-0.3, -0.25) is 0 Å². The number of hydrogen-bond donors (Lipinski definition) is 1. The van der Waals surface area contributed by atoms with Crippen LogP contribution in [-0.4, -0.2) is 18.3 Å². The van der Waals surface area contributed by atoms with Gasteiger partial charge in [-0.05, 0) is 49.4 Å². The number of nitrogens with one attached hydrogen (secondary N) is 1.